The van der Waals surface area contributed by atoms with Gasteiger partial charge in [-0.3, -0.25) is 0 Å². The Morgan fingerprint density at radius 2 is 2.09 bits per heavy atom. The number of benzene rings is 1. The number of thioether (sulfide) groups is 1. The van der Waals surface area contributed by atoms with Crippen molar-refractivity contribution in [3.8, 4) is 5.69 Å². The van der Waals surface area contributed by atoms with E-state index in [4.69, 9.17) is 0 Å². The molecule has 1 aromatic carbocycles. The monoisotopic (exact) mass is 337 g/mol. The standard InChI is InChI=1S/C16H20FN3O2S/c1-16(22,11-23-2)10-18-15(21)19-14-9-12(5-6-13(14)17)20-7-3-4-8-20/h3-9,22H,10-11H2,1-2H3,(H2,18,19,21). The van der Waals surface area contributed by atoms with Crippen LogP contribution >= 0.6 is 11.8 Å². The number of aliphatic hydroxyl groups is 1. The van der Waals surface area contributed by atoms with Crippen LogP contribution in [0.15, 0.2) is 42.7 Å². The number of carbonyl (C=O) groups excluding carboxylic acids is 1. The molecule has 0 aliphatic rings. The van der Waals surface area contributed by atoms with E-state index in [2.05, 4.69) is 10.6 Å². The Hall–Kier alpha value is -1.99. The molecule has 0 aliphatic heterocycles. The van der Waals surface area contributed by atoms with Crippen molar-refractivity contribution in [1.82, 2.24) is 9.88 Å². The first kappa shape index (κ1) is 17.4. The molecule has 124 valence electrons. The Bertz CT molecular complexity index is 659. The van der Waals surface area contributed by atoms with Gasteiger partial charge in [0.25, 0.3) is 0 Å². The van der Waals surface area contributed by atoms with Gasteiger partial charge in [0.1, 0.15) is 5.82 Å². The molecule has 1 unspecified atom stereocenters. The second-order valence-electron chi connectivity index (χ2n) is 5.49. The Morgan fingerprint density at radius 1 is 1.39 bits per heavy atom. The minimum atomic E-state index is -1.01. The molecule has 0 saturated heterocycles. The van der Waals surface area contributed by atoms with E-state index in [-0.39, 0.29) is 12.2 Å². The van der Waals surface area contributed by atoms with Gasteiger partial charge in [-0.2, -0.15) is 11.8 Å². The van der Waals surface area contributed by atoms with E-state index in [1.807, 2.05) is 35.3 Å². The summed E-state index contributed by atoms with van der Waals surface area (Å²) in [4.78, 5) is 11.9. The predicted octanol–water partition coefficient (Wildman–Crippen LogP) is 2.85. The summed E-state index contributed by atoms with van der Waals surface area (Å²) in [6.07, 6.45) is 5.53. The summed E-state index contributed by atoms with van der Waals surface area (Å²) in [7, 11) is 0. The summed E-state index contributed by atoms with van der Waals surface area (Å²) in [5.41, 5.74) is -0.193. The first-order chi connectivity index (χ1) is 10.9. The molecule has 0 aliphatic carbocycles. The van der Waals surface area contributed by atoms with E-state index in [0.717, 1.165) is 5.69 Å². The molecule has 7 heteroatoms. The molecular formula is C16H20FN3O2S. The predicted molar refractivity (Wildman–Crippen MR) is 91.8 cm³/mol. The van der Waals surface area contributed by atoms with Crippen molar-refractivity contribution >= 4 is 23.5 Å². The highest BCUT2D eigenvalue weighted by molar-refractivity contribution is 7.98. The van der Waals surface area contributed by atoms with Crippen LogP contribution in [0.25, 0.3) is 5.69 Å². The normalized spacial score (nSPS) is 13.4. The van der Waals surface area contributed by atoms with Gasteiger partial charge in [0.2, 0.25) is 0 Å². The molecular weight excluding hydrogens is 317 g/mol. The quantitative estimate of drug-likeness (QED) is 0.759. The average Bonchev–Trinajstić information content (AvgIpc) is 3.02. The van der Waals surface area contributed by atoms with Crippen LogP contribution in [0.4, 0.5) is 14.9 Å². The van der Waals surface area contributed by atoms with Crippen molar-refractivity contribution in [2.75, 3.05) is 23.9 Å². The lowest BCUT2D eigenvalue weighted by atomic mass is 10.1. The SMILES string of the molecule is CSCC(C)(O)CNC(=O)Nc1cc(-n2cccc2)ccc1F. The highest BCUT2D eigenvalue weighted by Crippen LogP contribution is 2.19. The summed E-state index contributed by atoms with van der Waals surface area (Å²) in [5.74, 6) is -0.0305. The van der Waals surface area contributed by atoms with Crippen molar-refractivity contribution < 1.29 is 14.3 Å². The highest BCUT2D eigenvalue weighted by Gasteiger charge is 2.20. The van der Waals surface area contributed by atoms with Crippen LogP contribution in [-0.2, 0) is 0 Å². The van der Waals surface area contributed by atoms with Crippen LogP contribution in [0.3, 0.4) is 0 Å². The first-order valence-corrected chi connectivity index (χ1v) is 8.50. The molecule has 0 spiro atoms. The lowest BCUT2D eigenvalue weighted by molar-refractivity contribution is 0.0876. The van der Waals surface area contributed by atoms with E-state index in [9.17, 15) is 14.3 Å². The van der Waals surface area contributed by atoms with Crippen molar-refractivity contribution in [2.24, 2.45) is 0 Å². The maximum absolute atomic E-state index is 13.9. The summed E-state index contributed by atoms with van der Waals surface area (Å²) in [6, 6.07) is 7.63. The van der Waals surface area contributed by atoms with E-state index in [1.54, 1.807) is 19.1 Å². The summed E-state index contributed by atoms with van der Waals surface area (Å²) < 4.78 is 15.7. The third-order valence-corrected chi connectivity index (χ3v) is 4.10. The second kappa shape index (κ2) is 7.52. The Balaban J connectivity index is 2.02. The third-order valence-electron chi connectivity index (χ3n) is 3.19. The maximum atomic E-state index is 13.9. The number of halogens is 1. The Labute approximate surface area is 138 Å². The Morgan fingerprint density at radius 3 is 2.74 bits per heavy atom. The van der Waals surface area contributed by atoms with Crippen LogP contribution in [-0.4, -0.2) is 39.9 Å². The number of urea groups is 1. The lowest BCUT2D eigenvalue weighted by Crippen LogP contribution is -2.44. The molecule has 2 aromatic rings. The van der Waals surface area contributed by atoms with Gasteiger partial charge < -0.3 is 20.3 Å². The zero-order valence-electron chi connectivity index (χ0n) is 13.0. The molecule has 2 amide bonds. The van der Waals surface area contributed by atoms with Gasteiger partial charge in [0.05, 0.1) is 11.3 Å². The van der Waals surface area contributed by atoms with Crippen LogP contribution < -0.4 is 10.6 Å². The van der Waals surface area contributed by atoms with E-state index < -0.39 is 17.4 Å². The molecule has 0 fully saturated rings. The summed E-state index contributed by atoms with van der Waals surface area (Å²) >= 11 is 1.48. The number of anilines is 1. The Kier molecular flexibility index (Phi) is 5.68. The number of rotatable bonds is 6. The van der Waals surface area contributed by atoms with Gasteiger partial charge >= 0.3 is 6.03 Å². The molecule has 1 aromatic heterocycles. The van der Waals surface area contributed by atoms with Crippen molar-refractivity contribution in [3.05, 3.63) is 48.5 Å². The highest BCUT2D eigenvalue weighted by atomic mass is 32.2. The molecule has 23 heavy (non-hydrogen) atoms. The zero-order valence-corrected chi connectivity index (χ0v) is 13.9. The van der Waals surface area contributed by atoms with Gasteiger partial charge in [-0.15, -0.1) is 0 Å². The number of hydrogen-bond donors (Lipinski definition) is 3. The van der Waals surface area contributed by atoms with Crippen LogP contribution in [0, 0.1) is 5.82 Å². The lowest BCUT2D eigenvalue weighted by Gasteiger charge is -2.22. The summed E-state index contributed by atoms with van der Waals surface area (Å²) in [6.45, 7) is 1.72. The molecule has 5 nitrogen and oxygen atoms in total. The molecule has 1 atom stereocenters. The smallest absolute Gasteiger partial charge is 0.319 e. The van der Waals surface area contributed by atoms with Crippen LogP contribution in [0.1, 0.15) is 6.92 Å². The number of nitrogens with one attached hydrogen (secondary N) is 2. The van der Waals surface area contributed by atoms with Gasteiger partial charge in [-0.25, -0.2) is 9.18 Å². The minimum absolute atomic E-state index is 0.0817. The second-order valence-corrected chi connectivity index (χ2v) is 6.36. The van der Waals surface area contributed by atoms with E-state index in [1.165, 1.54) is 17.8 Å². The summed E-state index contributed by atoms with van der Waals surface area (Å²) in [5, 5.41) is 15.0. The molecule has 0 bridgehead atoms. The number of hydrogen-bond acceptors (Lipinski definition) is 3. The van der Waals surface area contributed by atoms with E-state index >= 15 is 0 Å². The van der Waals surface area contributed by atoms with Gasteiger partial charge in [-0.1, -0.05) is 0 Å². The van der Waals surface area contributed by atoms with Crippen molar-refractivity contribution in [2.45, 2.75) is 12.5 Å². The van der Waals surface area contributed by atoms with Crippen LogP contribution in [0.2, 0.25) is 0 Å². The largest absolute Gasteiger partial charge is 0.387 e. The zero-order chi connectivity index (χ0) is 16.9. The van der Waals surface area contributed by atoms with Crippen LogP contribution in [0.5, 0.6) is 0 Å². The third kappa shape index (κ3) is 5.01. The fourth-order valence-electron chi connectivity index (χ4n) is 2.08. The van der Waals surface area contributed by atoms with Crippen molar-refractivity contribution in [3.63, 3.8) is 0 Å². The average molecular weight is 337 g/mol. The van der Waals surface area contributed by atoms with Gasteiger partial charge in [0.15, 0.2) is 0 Å². The molecule has 0 saturated carbocycles. The number of aromatic nitrogens is 1. The first-order valence-electron chi connectivity index (χ1n) is 7.10. The molecule has 2 rings (SSSR count). The fourth-order valence-corrected chi connectivity index (χ4v) is 2.80. The fraction of sp³-hybridized carbons (Fsp3) is 0.312. The van der Waals surface area contributed by atoms with Gasteiger partial charge in [0, 0.05) is 30.4 Å². The number of amides is 2. The number of carbonyl (C=O) groups is 1. The maximum Gasteiger partial charge on any atom is 0.319 e. The van der Waals surface area contributed by atoms with Gasteiger partial charge in [-0.05, 0) is 43.5 Å². The topological polar surface area (TPSA) is 66.3 Å². The van der Waals surface area contributed by atoms with Crippen molar-refractivity contribution in [1.29, 1.82) is 0 Å². The molecule has 0 radical (unpaired) electrons. The molecule has 1 heterocycles. The van der Waals surface area contributed by atoms with E-state index in [0.29, 0.717) is 5.75 Å². The number of nitrogens with zero attached hydrogens (tertiary/aromatic N) is 1. The molecule has 3 N–H and O–H groups in total. The minimum Gasteiger partial charge on any atom is -0.387 e.